The van der Waals surface area contributed by atoms with Gasteiger partial charge in [-0.05, 0) is 24.1 Å². The fraction of sp³-hybridized carbons (Fsp3) is 0.125. The highest BCUT2D eigenvalue weighted by molar-refractivity contribution is 6.02. The molecule has 0 radical (unpaired) electrons. The van der Waals surface area contributed by atoms with Gasteiger partial charge in [0.15, 0.2) is 0 Å². The maximum absolute atomic E-state index is 11.9. The first-order valence-corrected chi connectivity index (χ1v) is 6.28. The Hall–Kier alpha value is -2.42. The Kier molecular flexibility index (Phi) is 4.45. The van der Waals surface area contributed by atoms with E-state index in [1.54, 1.807) is 12.1 Å². The molecule has 2 aromatic rings. The van der Waals surface area contributed by atoms with Crippen molar-refractivity contribution in [2.45, 2.75) is 13.3 Å². The van der Waals surface area contributed by atoms with Gasteiger partial charge < -0.3 is 0 Å². The molecule has 2 rings (SSSR count). The monoisotopic (exact) mass is 252 g/mol. The van der Waals surface area contributed by atoms with Crippen molar-refractivity contribution in [2.24, 2.45) is 5.10 Å². The minimum Gasteiger partial charge on any atom is -0.267 e. The van der Waals surface area contributed by atoms with E-state index in [9.17, 15) is 4.79 Å². The molecule has 0 spiro atoms. The molecule has 0 fully saturated rings. The van der Waals surface area contributed by atoms with E-state index >= 15 is 0 Å². The first kappa shape index (κ1) is 13.0. The fourth-order valence-corrected chi connectivity index (χ4v) is 1.75. The minimum absolute atomic E-state index is 0.192. The van der Waals surface area contributed by atoms with Crippen molar-refractivity contribution in [3.8, 4) is 0 Å². The molecular formula is C16H16N2O. The van der Waals surface area contributed by atoms with Gasteiger partial charge in [0.1, 0.15) is 0 Å². The van der Waals surface area contributed by atoms with Crippen LogP contribution in [0.4, 0.5) is 0 Å². The van der Waals surface area contributed by atoms with Gasteiger partial charge in [0.2, 0.25) is 0 Å². The standard InChI is InChI=1S/C16H16N2O/c1-2-15(13-9-5-3-6-10-13)17-18-16(19)14-11-7-4-8-12-14/h3-12H,2H2,1H3,(H,18,19)/b17-15+. The average Bonchev–Trinajstić information content (AvgIpc) is 2.49. The number of carbonyl (C=O) groups is 1. The maximum Gasteiger partial charge on any atom is 0.271 e. The Balaban J connectivity index is 2.11. The van der Waals surface area contributed by atoms with Crippen molar-refractivity contribution in [3.63, 3.8) is 0 Å². The van der Waals surface area contributed by atoms with E-state index in [-0.39, 0.29) is 5.91 Å². The van der Waals surface area contributed by atoms with Gasteiger partial charge in [0.25, 0.3) is 5.91 Å². The highest BCUT2D eigenvalue weighted by atomic mass is 16.2. The average molecular weight is 252 g/mol. The van der Waals surface area contributed by atoms with E-state index in [0.717, 1.165) is 17.7 Å². The summed E-state index contributed by atoms with van der Waals surface area (Å²) in [6, 6.07) is 18.9. The number of amides is 1. The van der Waals surface area contributed by atoms with Crippen molar-refractivity contribution >= 4 is 11.6 Å². The summed E-state index contributed by atoms with van der Waals surface area (Å²) in [7, 11) is 0. The third kappa shape index (κ3) is 3.52. The molecule has 0 atom stereocenters. The van der Waals surface area contributed by atoms with Crippen LogP contribution in [0.3, 0.4) is 0 Å². The lowest BCUT2D eigenvalue weighted by atomic mass is 10.1. The van der Waals surface area contributed by atoms with E-state index in [4.69, 9.17) is 0 Å². The second-order valence-corrected chi connectivity index (χ2v) is 4.09. The molecule has 0 aliphatic heterocycles. The topological polar surface area (TPSA) is 41.5 Å². The van der Waals surface area contributed by atoms with Crippen LogP contribution in [0.2, 0.25) is 0 Å². The molecule has 19 heavy (non-hydrogen) atoms. The molecule has 0 bridgehead atoms. The molecule has 3 heteroatoms. The summed E-state index contributed by atoms with van der Waals surface area (Å²) >= 11 is 0. The van der Waals surface area contributed by atoms with Crippen molar-refractivity contribution < 1.29 is 4.79 Å². The van der Waals surface area contributed by atoms with Gasteiger partial charge in [0.05, 0.1) is 5.71 Å². The fourth-order valence-electron chi connectivity index (χ4n) is 1.75. The second kappa shape index (κ2) is 6.50. The predicted octanol–water partition coefficient (Wildman–Crippen LogP) is 3.23. The molecular weight excluding hydrogens is 236 g/mol. The van der Waals surface area contributed by atoms with Gasteiger partial charge >= 0.3 is 0 Å². The Labute approximate surface area is 113 Å². The zero-order valence-corrected chi connectivity index (χ0v) is 10.8. The normalized spacial score (nSPS) is 11.1. The largest absolute Gasteiger partial charge is 0.271 e. The highest BCUT2D eigenvalue weighted by Gasteiger charge is 2.04. The van der Waals surface area contributed by atoms with Gasteiger partial charge in [-0.2, -0.15) is 5.10 Å². The van der Waals surface area contributed by atoms with Crippen LogP contribution in [0, 0.1) is 0 Å². The first-order chi connectivity index (χ1) is 9.31. The summed E-state index contributed by atoms with van der Waals surface area (Å²) < 4.78 is 0. The third-order valence-corrected chi connectivity index (χ3v) is 2.77. The molecule has 0 aliphatic rings. The van der Waals surface area contributed by atoms with Crippen molar-refractivity contribution in [1.29, 1.82) is 0 Å². The third-order valence-electron chi connectivity index (χ3n) is 2.77. The Bertz CT molecular complexity index is 562. The number of nitrogens with zero attached hydrogens (tertiary/aromatic N) is 1. The van der Waals surface area contributed by atoms with Gasteiger partial charge in [-0.1, -0.05) is 55.5 Å². The molecule has 0 aromatic heterocycles. The molecule has 0 unspecified atom stereocenters. The van der Waals surface area contributed by atoms with Crippen LogP contribution in [0.15, 0.2) is 65.8 Å². The molecule has 0 saturated carbocycles. The lowest BCUT2D eigenvalue weighted by molar-refractivity contribution is 0.0955. The van der Waals surface area contributed by atoms with Crippen molar-refractivity contribution in [3.05, 3.63) is 71.8 Å². The van der Waals surface area contributed by atoms with Crippen LogP contribution in [0.1, 0.15) is 29.3 Å². The quantitative estimate of drug-likeness (QED) is 0.658. The van der Waals surface area contributed by atoms with Gasteiger partial charge in [0, 0.05) is 5.56 Å². The summed E-state index contributed by atoms with van der Waals surface area (Å²) in [5.74, 6) is -0.192. The van der Waals surface area contributed by atoms with Gasteiger partial charge in [-0.15, -0.1) is 0 Å². The maximum atomic E-state index is 11.9. The summed E-state index contributed by atoms with van der Waals surface area (Å²) in [6.45, 7) is 2.01. The van der Waals surface area contributed by atoms with Crippen LogP contribution >= 0.6 is 0 Å². The zero-order chi connectivity index (χ0) is 13.5. The summed E-state index contributed by atoms with van der Waals surface area (Å²) in [5.41, 5.74) is 5.10. The SMILES string of the molecule is CC/C(=N\NC(=O)c1ccccc1)c1ccccc1. The van der Waals surface area contributed by atoms with E-state index in [1.807, 2.05) is 55.5 Å². The number of hydrazone groups is 1. The van der Waals surface area contributed by atoms with E-state index in [0.29, 0.717) is 5.56 Å². The molecule has 2 aromatic carbocycles. The highest BCUT2D eigenvalue weighted by Crippen LogP contribution is 2.04. The van der Waals surface area contributed by atoms with Crippen LogP contribution < -0.4 is 5.43 Å². The molecule has 96 valence electrons. The lowest BCUT2D eigenvalue weighted by Crippen LogP contribution is -2.19. The number of hydrogen-bond acceptors (Lipinski definition) is 2. The summed E-state index contributed by atoms with van der Waals surface area (Å²) in [5, 5.41) is 4.21. The van der Waals surface area contributed by atoms with E-state index in [1.165, 1.54) is 0 Å². The lowest BCUT2D eigenvalue weighted by Gasteiger charge is -2.05. The van der Waals surface area contributed by atoms with Crippen LogP contribution in [-0.4, -0.2) is 11.6 Å². The minimum atomic E-state index is -0.192. The molecule has 1 N–H and O–H groups in total. The molecule has 3 nitrogen and oxygen atoms in total. The van der Waals surface area contributed by atoms with E-state index in [2.05, 4.69) is 10.5 Å². The summed E-state index contributed by atoms with van der Waals surface area (Å²) in [4.78, 5) is 11.9. The zero-order valence-electron chi connectivity index (χ0n) is 10.8. The second-order valence-electron chi connectivity index (χ2n) is 4.09. The molecule has 0 heterocycles. The van der Waals surface area contributed by atoms with E-state index < -0.39 is 0 Å². The number of benzene rings is 2. The Morgan fingerprint density at radius 1 is 0.947 bits per heavy atom. The molecule has 0 aliphatic carbocycles. The van der Waals surface area contributed by atoms with Crippen LogP contribution in [0.25, 0.3) is 0 Å². The molecule has 0 saturated heterocycles. The Morgan fingerprint density at radius 2 is 1.47 bits per heavy atom. The Morgan fingerprint density at radius 3 is 2.00 bits per heavy atom. The van der Waals surface area contributed by atoms with Gasteiger partial charge in [-0.25, -0.2) is 5.43 Å². The van der Waals surface area contributed by atoms with Crippen LogP contribution in [0.5, 0.6) is 0 Å². The number of rotatable bonds is 4. The predicted molar refractivity (Wildman–Crippen MR) is 77.2 cm³/mol. The first-order valence-electron chi connectivity index (χ1n) is 6.28. The van der Waals surface area contributed by atoms with Crippen molar-refractivity contribution in [2.75, 3.05) is 0 Å². The van der Waals surface area contributed by atoms with Crippen molar-refractivity contribution in [1.82, 2.24) is 5.43 Å². The molecule has 1 amide bonds. The smallest absolute Gasteiger partial charge is 0.267 e. The number of carbonyl (C=O) groups excluding carboxylic acids is 1. The number of hydrogen-bond donors (Lipinski definition) is 1. The summed E-state index contributed by atoms with van der Waals surface area (Å²) in [6.07, 6.45) is 0.763. The van der Waals surface area contributed by atoms with Crippen LogP contribution in [-0.2, 0) is 0 Å². The number of nitrogens with one attached hydrogen (secondary N) is 1. The van der Waals surface area contributed by atoms with Gasteiger partial charge in [-0.3, -0.25) is 4.79 Å².